The van der Waals surface area contributed by atoms with Gasteiger partial charge in [-0.05, 0) is 58.4 Å². The van der Waals surface area contributed by atoms with E-state index < -0.39 is 6.10 Å². The Morgan fingerprint density at radius 1 is 1.06 bits per heavy atom. The molecule has 2 fully saturated rings. The van der Waals surface area contributed by atoms with Crippen LogP contribution < -0.4 is 15.8 Å². The standard InChI is InChI=1S/C23H31N7O2/c1-15-12-21(30-22(25-15)13-16(2)26-30)24-14-17-6-3-4-11-28(17)20-9-10-23(32)29(27-20)18-7-5-8-19(18)31/h9-10,12-13,17-19,24,31H,3-8,11,14H2,1-2H3. The van der Waals surface area contributed by atoms with Crippen molar-refractivity contribution < 1.29 is 5.11 Å². The molecular formula is C23H31N7O2. The second-order valence-corrected chi connectivity index (χ2v) is 9.10. The Hall–Kier alpha value is -2.94. The van der Waals surface area contributed by atoms with E-state index in [1.165, 1.54) is 4.68 Å². The fourth-order valence-electron chi connectivity index (χ4n) is 5.09. The summed E-state index contributed by atoms with van der Waals surface area (Å²) in [5.41, 5.74) is 2.58. The second kappa shape index (κ2) is 8.54. The van der Waals surface area contributed by atoms with Crippen molar-refractivity contribution in [1.29, 1.82) is 0 Å². The van der Waals surface area contributed by atoms with Crippen molar-refractivity contribution in [1.82, 2.24) is 24.4 Å². The van der Waals surface area contributed by atoms with E-state index in [2.05, 4.69) is 20.3 Å². The van der Waals surface area contributed by atoms with E-state index >= 15 is 0 Å². The van der Waals surface area contributed by atoms with Crippen molar-refractivity contribution in [2.75, 3.05) is 23.3 Å². The molecule has 1 aliphatic heterocycles. The van der Waals surface area contributed by atoms with Gasteiger partial charge < -0.3 is 15.3 Å². The van der Waals surface area contributed by atoms with Crippen LogP contribution in [0, 0.1) is 13.8 Å². The minimum absolute atomic E-state index is 0.143. The molecule has 1 saturated carbocycles. The topological polar surface area (TPSA) is 101 Å². The third-order valence-electron chi connectivity index (χ3n) is 6.69. The molecule has 3 atom stereocenters. The van der Waals surface area contributed by atoms with Crippen LogP contribution in [0.1, 0.15) is 56.0 Å². The third kappa shape index (κ3) is 3.97. The van der Waals surface area contributed by atoms with E-state index in [0.29, 0.717) is 0 Å². The van der Waals surface area contributed by atoms with Gasteiger partial charge in [0.2, 0.25) is 0 Å². The molecule has 9 nitrogen and oxygen atoms in total. The van der Waals surface area contributed by atoms with Crippen LogP contribution in [-0.2, 0) is 0 Å². The number of anilines is 2. The molecule has 9 heteroatoms. The van der Waals surface area contributed by atoms with E-state index in [0.717, 1.165) is 80.3 Å². The predicted octanol–water partition coefficient (Wildman–Crippen LogP) is 2.46. The van der Waals surface area contributed by atoms with Gasteiger partial charge in [-0.25, -0.2) is 9.67 Å². The van der Waals surface area contributed by atoms with Crippen LogP contribution in [0.4, 0.5) is 11.6 Å². The summed E-state index contributed by atoms with van der Waals surface area (Å²) in [4.78, 5) is 19.3. The molecule has 3 unspecified atom stereocenters. The Morgan fingerprint density at radius 3 is 2.75 bits per heavy atom. The van der Waals surface area contributed by atoms with E-state index in [1.54, 1.807) is 6.07 Å². The first-order chi connectivity index (χ1) is 15.5. The van der Waals surface area contributed by atoms with Crippen LogP contribution in [-0.4, -0.2) is 54.7 Å². The lowest BCUT2D eigenvalue weighted by Gasteiger charge is -2.37. The Kier molecular flexibility index (Phi) is 5.58. The molecule has 170 valence electrons. The zero-order chi connectivity index (χ0) is 22.2. The summed E-state index contributed by atoms with van der Waals surface area (Å²) in [6, 6.07) is 7.44. The zero-order valence-corrected chi connectivity index (χ0v) is 18.7. The summed E-state index contributed by atoms with van der Waals surface area (Å²) in [7, 11) is 0. The number of nitrogens with one attached hydrogen (secondary N) is 1. The molecule has 0 bridgehead atoms. The molecule has 32 heavy (non-hydrogen) atoms. The minimum atomic E-state index is -0.496. The monoisotopic (exact) mass is 437 g/mol. The maximum atomic E-state index is 12.5. The van der Waals surface area contributed by atoms with E-state index in [9.17, 15) is 9.90 Å². The predicted molar refractivity (Wildman–Crippen MR) is 123 cm³/mol. The number of aliphatic hydroxyl groups is 1. The van der Waals surface area contributed by atoms with Crippen molar-refractivity contribution in [3.8, 4) is 0 Å². The van der Waals surface area contributed by atoms with Crippen LogP contribution in [0.2, 0.25) is 0 Å². The summed E-state index contributed by atoms with van der Waals surface area (Å²) in [6.45, 7) is 5.60. The highest BCUT2D eigenvalue weighted by molar-refractivity contribution is 5.50. The average Bonchev–Trinajstić information content (AvgIpc) is 3.37. The molecule has 4 heterocycles. The van der Waals surface area contributed by atoms with Crippen LogP contribution >= 0.6 is 0 Å². The van der Waals surface area contributed by atoms with Crippen molar-refractivity contribution in [2.45, 2.75) is 70.6 Å². The van der Waals surface area contributed by atoms with Crippen molar-refractivity contribution in [3.05, 3.63) is 46.0 Å². The summed E-state index contributed by atoms with van der Waals surface area (Å²) >= 11 is 0. The number of piperidine rings is 1. The lowest BCUT2D eigenvalue weighted by molar-refractivity contribution is 0.127. The SMILES string of the molecule is Cc1cc(NCC2CCCCN2c2ccc(=O)n(C3CCCC3O)n2)n2nc(C)cc2n1. The number of hydrogen-bond donors (Lipinski definition) is 2. The first-order valence-electron chi connectivity index (χ1n) is 11.6. The molecule has 0 radical (unpaired) electrons. The first-order valence-corrected chi connectivity index (χ1v) is 11.6. The van der Waals surface area contributed by atoms with Crippen LogP contribution in [0.25, 0.3) is 5.65 Å². The molecule has 2 N–H and O–H groups in total. The van der Waals surface area contributed by atoms with Gasteiger partial charge in [-0.1, -0.05) is 0 Å². The van der Waals surface area contributed by atoms with Gasteiger partial charge in [0.25, 0.3) is 5.56 Å². The molecule has 0 spiro atoms. The lowest BCUT2D eigenvalue weighted by atomic mass is 10.0. The van der Waals surface area contributed by atoms with Crippen LogP contribution in [0.15, 0.2) is 29.1 Å². The van der Waals surface area contributed by atoms with Gasteiger partial charge in [0.05, 0.1) is 17.8 Å². The molecule has 1 aliphatic carbocycles. The number of hydrogen-bond acceptors (Lipinski definition) is 7. The number of fused-ring (bicyclic) bond motifs is 1. The van der Waals surface area contributed by atoms with Gasteiger partial charge in [0, 0.05) is 43.0 Å². The average molecular weight is 438 g/mol. The van der Waals surface area contributed by atoms with Gasteiger partial charge in [-0.2, -0.15) is 14.7 Å². The number of nitrogens with zero attached hydrogens (tertiary/aromatic N) is 6. The summed E-state index contributed by atoms with van der Waals surface area (Å²) in [5.74, 6) is 1.74. The molecule has 0 amide bonds. The van der Waals surface area contributed by atoms with Crippen molar-refractivity contribution >= 4 is 17.3 Å². The second-order valence-electron chi connectivity index (χ2n) is 9.10. The van der Waals surface area contributed by atoms with Gasteiger partial charge in [0.15, 0.2) is 5.65 Å². The van der Waals surface area contributed by atoms with E-state index in [1.807, 2.05) is 36.6 Å². The highest BCUT2D eigenvalue weighted by Crippen LogP contribution is 2.29. The molecule has 1 saturated heterocycles. The van der Waals surface area contributed by atoms with Gasteiger partial charge >= 0.3 is 0 Å². The molecule has 3 aromatic rings. The lowest BCUT2D eigenvalue weighted by Crippen LogP contribution is -2.45. The smallest absolute Gasteiger partial charge is 0.267 e. The largest absolute Gasteiger partial charge is 0.391 e. The van der Waals surface area contributed by atoms with E-state index in [-0.39, 0.29) is 17.6 Å². The fraction of sp³-hybridized carbons (Fsp3) is 0.565. The third-order valence-corrected chi connectivity index (χ3v) is 6.69. The number of aromatic nitrogens is 5. The number of aryl methyl sites for hydroxylation is 2. The molecule has 0 aromatic carbocycles. The van der Waals surface area contributed by atoms with Gasteiger partial charge in [-0.15, -0.1) is 0 Å². The molecule has 2 aliphatic rings. The minimum Gasteiger partial charge on any atom is -0.391 e. The normalized spacial score (nSPS) is 23.7. The highest BCUT2D eigenvalue weighted by Gasteiger charge is 2.30. The fourth-order valence-corrected chi connectivity index (χ4v) is 5.09. The van der Waals surface area contributed by atoms with Crippen LogP contribution in [0.3, 0.4) is 0 Å². The Balaban J connectivity index is 1.39. The Morgan fingerprint density at radius 2 is 1.94 bits per heavy atom. The summed E-state index contributed by atoms with van der Waals surface area (Å²) in [6.07, 6.45) is 5.26. The van der Waals surface area contributed by atoms with Gasteiger partial charge in [0.1, 0.15) is 11.6 Å². The quantitative estimate of drug-likeness (QED) is 0.632. The number of aliphatic hydroxyl groups excluding tert-OH is 1. The number of rotatable bonds is 5. The van der Waals surface area contributed by atoms with E-state index in [4.69, 9.17) is 5.10 Å². The maximum absolute atomic E-state index is 12.5. The first kappa shape index (κ1) is 20.9. The molecular weight excluding hydrogens is 406 g/mol. The Bertz CT molecular complexity index is 1170. The van der Waals surface area contributed by atoms with Crippen molar-refractivity contribution in [2.24, 2.45) is 0 Å². The summed E-state index contributed by atoms with van der Waals surface area (Å²) < 4.78 is 3.36. The zero-order valence-electron chi connectivity index (χ0n) is 18.7. The van der Waals surface area contributed by atoms with Crippen LogP contribution in [0.5, 0.6) is 0 Å². The van der Waals surface area contributed by atoms with Crippen molar-refractivity contribution in [3.63, 3.8) is 0 Å². The molecule has 5 rings (SSSR count). The summed E-state index contributed by atoms with van der Waals surface area (Å²) in [5, 5.41) is 23.2. The molecule has 3 aromatic heterocycles. The van der Waals surface area contributed by atoms with Gasteiger partial charge in [-0.3, -0.25) is 4.79 Å². The Labute approximate surface area is 187 Å². The maximum Gasteiger partial charge on any atom is 0.267 e. The highest BCUT2D eigenvalue weighted by atomic mass is 16.3.